The van der Waals surface area contributed by atoms with E-state index in [-0.39, 0.29) is 30.2 Å². The Kier molecular flexibility index (Phi) is 7.91. The number of ether oxygens (including phenoxy) is 2. The lowest BCUT2D eigenvalue weighted by molar-refractivity contribution is -0.137. The minimum absolute atomic E-state index is 0.00118. The number of carbonyl (C=O) groups is 2. The fraction of sp³-hybridized carbons (Fsp3) is 0.107. The maximum atomic E-state index is 12.7. The number of aromatic nitrogens is 1. The first-order valence-electron chi connectivity index (χ1n) is 11.3. The summed E-state index contributed by atoms with van der Waals surface area (Å²) in [6.45, 7) is 0.108. The number of hydrogen-bond donors (Lipinski definition) is 2. The molecule has 0 atom stereocenters. The van der Waals surface area contributed by atoms with Gasteiger partial charge in [-0.05, 0) is 59.7 Å². The van der Waals surface area contributed by atoms with Crippen molar-refractivity contribution in [3.05, 3.63) is 113 Å². The summed E-state index contributed by atoms with van der Waals surface area (Å²) in [7, 11) is 0. The quantitative estimate of drug-likeness (QED) is 0.266. The second-order valence-corrected chi connectivity index (χ2v) is 8.14. The highest BCUT2D eigenvalue weighted by atomic mass is 19.4. The van der Waals surface area contributed by atoms with Gasteiger partial charge in [0.1, 0.15) is 18.1 Å². The zero-order valence-electron chi connectivity index (χ0n) is 19.7. The van der Waals surface area contributed by atoms with E-state index in [9.17, 15) is 27.9 Å². The van der Waals surface area contributed by atoms with Crippen LogP contribution in [-0.2, 0) is 24.0 Å². The molecule has 0 aliphatic heterocycles. The number of para-hydroxylation sites is 1. The summed E-state index contributed by atoms with van der Waals surface area (Å²) < 4.78 is 49.3. The number of nitrogens with zero attached hydrogens (tertiary/aromatic N) is 1. The van der Waals surface area contributed by atoms with Crippen LogP contribution in [0.5, 0.6) is 17.4 Å². The molecular formula is C28H21F3N2O5. The van der Waals surface area contributed by atoms with Crippen LogP contribution in [0.25, 0.3) is 0 Å². The Balaban J connectivity index is 1.28. The molecule has 0 saturated heterocycles. The second kappa shape index (κ2) is 11.5. The van der Waals surface area contributed by atoms with E-state index in [1.807, 2.05) is 0 Å². The molecule has 0 aliphatic carbocycles. The van der Waals surface area contributed by atoms with E-state index >= 15 is 0 Å². The minimum Gasteiger partial charge on any atom is -0.489 e. The number of hydrogen-bond acceptors (Lipinski definition) is 5. The molecular weight excluding hydrogens is 501 g/mol. The molecule has 3 aromatic carbocycles. The molecule has 0 spiro atoms. The molecule has 2 N–H and O–H groups in total. The van der Waals surface area contributed by atoms with Crippen molar-refractivity contribution >= 4 is 17.6 Å². The first-order chi connectivity index (χ1) is 18.2. The summed E-state index contributed by atoms with van der Waals surface area (Å²) in [5.74, 6) is -0.237. The van der Waals surface area contributed by atoms with Gasteiger partial charge in [-0.3, -0.25) is 4.79 Å². The molecule has 0 saturated carbocycles. The van der Waals surface area contributed by atoms with Crippen molar-refractivity contribution in [2.45, 2.75) is 19.2 Å². The summed E-state index contributed by atoms with van der Waals surface area (Å²) in [4.78, 5) is 27.8. The fourth-order valence-corrected chi connectivity index (χ4v) is 3.42. The van der Waals surface area contributed by atoms with E-state index in [0.717, 1.165) is 12.1 Å². The lowest BCUT2D eigenvalue weighted by atomic mass is 10.1. The monoisotopic (exact) mass is 522 g/mol. The van der Waals surface area contributed by atoms with Gasteiger partial charge >= 0.3 is 12.1 Å². The molecule has 1 amide bonds. The largest absolute Gasteiger partial charge is 0.489 e. The lowest BCUT2D eigenvalue weighted by Gasteiger charge is -2.10. The summed E-state index contributed by atoms with van der Waals surface area (Å²) in [6.07, 6.45) is -2.90. The molecule has 0 aliphatic rings. The van der Waals surface area contributed by atoms with Crippen molar-refractivity contribution in [2.75, 3.05) is 5.32 Å². The van der Waals surface area contributed by atoms with Crippen molar-refractivity contribution in [3.63, 3.8) is 0 Å². The number of amides is 1. The maximum absolute atomic E-state index is 12.7. The van der Waals surface area contributed by atoms with Gasteiger partial charge in [0.2, 0.25) is 11.8 Å². The Bertz CT molecular complexity index is 1400. The number of pyridine rings is 1. The molecule has 194 valence electrons. The zero-order valence-corrected chi connectivity index (χ0v) is 19.7. The van der Waals surface area contributed by atoms with E-state index in [2.05, 4.69) is 10.3 Å². The van der Waals surface area contributed by atoms with E-state index in [0.29, 0.717) is 28.5 Å². The van der Waals surface area contributed by atoms with Crippen LogP contribution in [0, 0.1) is 0 Å². The van der Waals surface area contributed by atoms with Crippen molar-refractivity contribution in [2.24, 2.45) is 0 Å². The Hall–Kier alpha value is -4.86. The number of anilines is 1. The van der Waals surface area contributed by atoms with Gasteiger partial charge in [-0.1, -0.05) is 30.3 Å². The molecule has 4 rings (SSSR count). The third-order valence-corrected chi connectivity index (χ3v) is 5.33. The van der Waals surface area contributed by atoms with Gasteiger partial charge in [0.05, 0.1) is 23.2 Å². The average Bonchev–Trinajstić information content (AvgIpc) is 2.89. The molecule has 7 nitrogen and oxygen atoms in total. The van der Waals surface area contributed by atoms with E-state index in [1.165, 1.54) is 30.5 Å². The fourth-order valence-electron chi connectivity index (χ4n) is 3.42. The van der Waals surface area contributed by atoms with Crippen LogP contribution in [0.3, 0.4) is 0 Å². The Morgan fingerprint density at radius 2 is 1.50 bits per heavy atom. The maximum Gasteiger partial charge on any atom is 0.416 e. The van der Waals surface area contributed by atoms with Gasteiger partial charge in [0, 0.05) is 12.3 Å². The number of rotatable bonds is 9. The Labute approximate surface area is 215 Å². The predicted molar refractivity (Wildman–Crippen MR) is 132 cm³/mol. The van der Waals surface area contributed by atoms with Crippen LogP contribution in [0.2, 0.25) is 0 Å². The summed E-state index contributed by atoms with van der Waals surface area (Å²) in [5.41, 5.74) is 0.703. The highest BCUT2D eigenvalue weighted by Gasteiger charge is 2.29. The van der Waals surface area contributed by atoms with E-state index in [1.54, 1.807) is 48.5 Å². The smallest absolute Gasteiger partial charge is 0.416 e. The van der Waals surface area contributed by atoms with Gasteiger partial charge in [0.15, 0.2) is 0 Å². The molecule has 10 heteroatoms. The highest BCUT2D eigenvalue weighted by molar-refractivity contribution is 6.00. The van der Waals surface area contributed by atoms with Gasteiger partial charge in [-0.15, -0.1) is 0 Å². The standard InChI is InChI=1S/C28H21F3N2O5/c29-28(30,31)20-8-5-18(6-9-20)17-37-21-10-12-22(13-11-21)38-26-14-7-19(16-32-26)15-25(34)33-24-4-2-1-3-23(24)27(35)36/h1-14,16H,15,17H2,(H,33,34)(H,35,36). The van der Waals surface area contributed by atoms with Gasteiger partial charge in [0.25, 0.3) is 0 Å². The van der Waals surface area contributed by atoms with Crippen LogP contribution in [0.4, 0.5) is 18.9 Å². The van der Waals surface area contributed by atoms with E-state index in [4.69, 9.17) is 9.47 Å². The van der Waals surface area contributed by atoms with Crippen LogP contribution in [0.15, 0.2) is 91.1 Å². The zero-order chi connectivity index (χ0) is 27.1. The van der Waals surface area contributed by atoms with Crippen molar-refractivity contribution in [1.82, 2.24) is 4.98 Å². The number of alkyl halides is 3. The molecule has 38 heavy (non-hydrogen) atoms. The predicted octanol–water partition coefficient (Wildman–Crippen LogP) is 6.35. The van der Waals surface area contributed by atoms with Crippen LogP contribution < -0.4 is 14.8 Å². The average molecular weight is 522 g/mol. The number of carbonyl (C=O) groups excluding carboxylic acids is 1. The first kappa shape index (κ1) is 26.2. The Morgan fingerprint density at radius 1 is 0.842 bits per heavy atom. The molecule has 0 radical (unpaired) electrons. The van der Waals surface area contributed by atoms with Crippen molar-refractivity contribution < 1.29 is 37.3 Å². The molecule has 1 heterocycles. The number of carboxylic acids is 1. The number of benzene rings is 3. The van der Waals surface area contributed by atoms with Crippen molar-refractivity contribution in [1.29, 1.82) is 0 Å². The molecule has 0 bridgehead atoms. The second-order valence-electron chi connectivity index (χ2n) is 8.14. The number of nitrogens with one attached hydrogen (secondary N) is 1. The van der Waals surface area contributed by atoms with Crippen LogP contribution in [-0.4, -0.2) is 22.0 Å². The SMILES string of the molecule is O=C(Cc1ccc(Oc2ccc(OCc3ccc(C(F)(F)F)cc3)cc2)nc1)Nc1ccccc1C(=O)O. The van der Waals surface area contributed by atoms with Gasteiger partial charge in [-0.25, -0.2) is 9.78 Å². The van der Waals surface area contributed by atoms with E-state index < -0.39 is 17.7 Å². The molecule has 4 aromatic rings. The third kappa shape index (κ3) is 7.10. The normalized spacial score (nSPS) is 11.0. The van der Waals surface area contributed by atoms with Crippen LogP contribution in [0.1, 0.15) is 27.0 Å². The third-order valence-electron chi connectivity index (χ3n) is 5.33. The lowest BCUT2D eigenvalue weighted by Crippen LogP contribution is -2.16. The first-order valence-corrected chi connectivity index (χ1v) is 11.3. The number of aromatic carboxylic acids is 1. The summed E-state index contributed by atoms with van der Waals surface area (Å²) in [6, 6.07) is 20.8. The summed E-state index contributed by atoms with van der Waals surface area (Å²) >= 11 is 0. The van der Waals surface area contributed by atoms with Gasteiger partial charge < -0.3 is 19.9 Å². The highest BCUT2D eigenvalue weighted by Crippen LogP contribution is 2.29. The molecule has 0 fully saturated rings. The number of halogens is 3. The summed E-state index contributed by atoms with van der Waals surface area (Å²) in [5, 5.41) is 11.8. The number of carboxylic acid groups (broad SMARTS) is 1. The Morgan fingerprint density at radius 3 is 2.13 bits per heavy atom. The van der Waals surface area contributed by atoms with Crippen molar-refractivity contribution in [3.8, 4) is 17.4 Å². The topological polar surface area (TPSA) is 97.8 Å². The molecule has 0 unspecified atom stereocenters. The van der Waals surface area contributed by atoms with Gasteiger partial charge in [-0.2, -0.15) is 13.2 Å². The minimum atomic E-state index is -4.38. The molecule has 1 aromatic heterocycles. The van der Waals surface area contributed by atoms with Crippen LogP contribution >= 0.6 is 0 Å².